The molecule has 1 aliphatic rings. The molecule has 0 bridgehead atoms. The van der Waals surface area contributed by atoms with E-state index in [1.54, 1.807) is 14.2 Å². The van der Waals surface area contributed by atoms with E-state index in [2.05, 4.69) is 21.6 Å². The van der Waals surface area contributed by atoms with E-state index in [0.29, 0.717) is 18.2 Å². The number of hydrogen-bond donors (Lipinski definition) is 0. The van der Waals surface area contributed by atoms with Gasteiger partial charge in [-0.25, -0.2) is 4.79 Å². The molecule has 8 heteroatoms. The van der Waals surface area contributed by atoms with Gasteiger partial charge in [0.1, 0.15) is 19.5 Å². The lowest BCUT2D eigenvalue weighted by Crippen LogP contribution is -2.23. The fourth-order valence-corrected chi connectivity index (χ4v) is 3.48. The van der Waals surface area contributed by atoms with Crippen molar-refractivity contribution in [3.05, 3.63) is 69.1 Å². The maximum atomic E-state index is 12.3. The Morgan fingerprint density at radius 1 is 1.17 bits per heavy atom. The van der Waals surface area contributed by atoms with Crippen molar-refractivity contribution < 1.29 is 9.57 Å². The molecule has 3 aromatic rings. The van der Waals surface area contributed by atoms with Gasteiger partial charge in [0.25, 0.3) is 0 Å². The monoisotopic (exact) mass is 407 g/mol. The Balaban J connectivity index is 1.59. The van der Waals surface area contributed by atoms with Crippen molar-refractivity contribution in [2.24, 2.45) is 18.1 Å². The van der Waals surface area contributed by atoms with Crippen LogP contribution in [0.5, 0.6) is 5.75 Å². The van der Waals surface area contributed by atoms with Crippen molar-refractivity contribution >= 4 is 5.71 Å². The molecule has 0 saturated heterocycles. The summed E-state index contributed by atoms with van der Waals surface area (Å²) in [6.45, 7) is 4.32. The number of rotatable bonds is 7. The van der Waals surface area contributed by atoms with Gasteiger partial charge in [-0.3, -0.25) is 0 Å². The molecule has 30 heavy (non-hydrogen) atoms. The first-order valence-corrected chi connectivity index (χ1v) is 9.92. The first-order chi connectivity index (χ1) is 14.5. The molecule has 0 radical (unpaired) electrons. The molecule has 1 aliphatic carbocycles. The fraction of sp³-hybridized carbons (Fsp3) is 0.364. The van der Waals surface area contributed by atoms with E-state index in [1.807, 2.05) is 44.2 Å². The molecule has 0 atom stereocenters. The van der Waals surface area contributed by atoms with Crippen LogP contribution in [0.4, 0.5) is 0 Å². The SMILES string of the molecule is CO/N=C(/c1ccc(OCc2c(C)cccc2-n2nnn(C)c2=O)c(C)c1)C1CC1. The highest BCUT2D eigenvalue weighted by Crippen LogP contribution is 2.34. The molecule has 0 aliphatic heterocycles. The lowest BCUT2D eigenvalue weighted by atomic mass is 10.0. The highest BCUT2D eigenvalue weighted by Gasteiger charge is 2.29. The number of nitrogens with zero attached hydrogens (tertiary/aromatic N) is 5. The van der Waals surface area contributed by atoms with Crippen LogP contribution in [0.15, 0.2) is 46.3 Å². The molecule has 1 aromatic heterocycles. The molecule has 1 fully saturated rings. The summed E-state index contributed by atoms with van der Waals surface area (Å²) in [6.07, 6.45) is 2.30. The summed E-state index contributed by atoms with van der Waals surface area (Å²) >= 11 is 0. The van der Waals surface area contributed by atoms with Crippen LogP contribution >= 0.6 is 0 Å². The third-order valence-corrected chi connectivity index (χ3v) is 5.33. The Morgan fingerprint density at radius 3 is 2.60 bits per heavy atom. The second-order valence-electron chi connectivity index (χ2n) is 7.57. The molecule has 1 heterocycles. The average molecular weight is 407 g/mol. The number of tetrazole rings is 1. The minimum absolute atomic E-state index is 0.299. The van der Waals surface area contributed by atoms with Crippen LogP contribution < -0.4 is 10.4 Å². The number of hydrogen-bond acceptors (Lipinski definition) is 6. The van der Waals surface area contributed by atoms with Crippen molar-refractivity contribution in [1.29, 1.82) is 0 Å². The van der Waals surface area contributed by atoms with Crippen LogP contribution in [0.25, 0.3) is 5.69 Å². The molecule has 0 unspecified atom stereocenters. The van der Waals surface area contributed by atoms with Crippen LogP contribution in [-0.2, 0) is 18.5 Å². The molecule has 1 saturated carbocycles. The van der Waals surface area contributed by atoms with Crippen molar-refractivity contribution in [1.82, 2.24) is 19.8 Å². The van der Waals surface area contributed by atoms with E-state index in [0.717, 1.165) is 46.6 Å². The van der Waals surface area contributed by atoms with Gasteiger partial charge >= 0.3 is 5.69 Å². The molecule has 2 aromatic carbocycles. The summed E-state index contributed by atoms with van der Waals surface area (Å²) in [4.78, 5) is 17.3. The highest BCUT2D eigenvalue weighted by atomic mass is 16.6. The van der Waals surface area contributed by atoms with Gasteiger partial charge in [0.2, 0.25) is 0 Å². The van der Waals surface area contributed by atoms with Crippen LogP contribution in [0, 0.1) is 19.8 Å². The van der Waals surface area contributed by atoms with Gasteiger partial charge in [-0.15, -0.1) is 0 Å². The third kappa shape index (κ3) is 3.85. The van der Waals surface area contributed by atoms with Crippen molar-refractivity contribution in [2.45, 2.75) is 33.3 Å². The molecular weight excluding hydrogens is 382 g/mol. The Kier molecular flexibility index (Phi) is 5.39. The van der Waals surface area contributed by atoms with Gasteiger partial charge in [0.15, 0.2) is 0 Å². The number of aromatic nitrogens is 4. The smallest absolute Gasteiger partial charge is 0.368 e. The quantitative estimate of drug-likeness (QED) is 0.444. The average Bonchev–Trinajstić information content (AvgIpc) is 3.52. The highest BCUT2D eigenvalue weighted by molar-refractivity contribution is 6.03. The summed E-state index contributed by atoms with van der Waals surface area (Å²) in [5.74, 6) is 1.27. The number of oxime groups is 1. The molecule has 156 valence electrons. The van der Waals surface area contributed by atoms with Gasteiger partial charge in [0.05, 0.1) is 11.4 Å². The first kappa shape index (κ1) is 19.9. The van der Waals surface area contributed by atoms with Gasteiger partial charge < -0.3 is 9.57 Å². The second-order valence-corrected chi connectivity index (χ2v) is 7.57. The topological polar surface area (TPSA) is 83.5 Å². The van der Waals surface area contributed by atoms with Crippen molar-refractivity contribution in [3.63, 3.8) is 0 Å². The summed E-state index contributed by atoms with van der Waals surface area (Å²) in [7, 11) is 3.15. The second kappa shape index (κ2) is 8.14. The van der Waals surface area contributed by atoms with Crippen molar-refractivity contribution in [3.8, 4) is 11.4 Å². The van der Waals surface area contributed by atoms with Gasteiger partial charge in [-0.05, 0) is 72.5 Å². The minimum Gasteiger partial charge on any atom is -0.489 e. The van der Waals surface area contributed by atoms with E-state index in [-0.39, 0.29) is 5.69 Å². The van der Waals surface area contributed by atoms with Gasteiger partial charge in [-0.2, -0.15) is 9.36 Å². The predicted octanol–water partition coefficient (Wildman–Crippen LogP) is 2.92. The van der Waals surface area contributed by atoms with Crippen LogP contribution in [0.3, 0.4) is 0 Å². The Hall–Kier alpha value is -3.42. The van der Waals surface area contributed by atoms with Crippen LogP contribution in [0.1, 0.15) is 35.1 Å². The van der Waals surface area contributed by atoms with E-state index in [1.165, 1.54) is 9.36 Å². The molecule has 4 rings (SSSR count). The lowest BCUT2D eigenvalue weighted by Gasteiger charge is -2.15. The zero-order valence-corrected chi connectivity index (χ0v) is 17.6. The van der Waals surface area contributed by atoms with E-state index >= 15 is 0 Å². The predicted molar refractivity (Wildman–Crippen MR) is 113 cm³/mol. The largest absolute Gasteiger partial charge is 0.489 e. The number of benzene rings is 2. The van der Waals surface area contributed by atoms with Crippen molar-refractivity contribution in [2.75, 3.05) is 7.11 Å². The fourth-order valence-electron chi connectivity index (χ4n) is 3.48. The Bertz CT molecular complexity index is 1160. The minimum atomic E-state index is -0.299. The Morgan fingerprint density at radius 2 is 1.97 bits per heavy atom. The zero-order valence-electron chi connectivity index (χ0n) is 17.6. The molecule has 0 N–H and O–H groups in total. The molecule has 8 nitrogen and oxygen atoms in total. The number of aryl methyl sites for hydroxylation is 3. The summed E-state index contributed by atoms with van der Waals surface area (Å²) in [5.41, 5.74) is 5.36. The molecular formula is C22H25N5O3. The maximum Gasteiger partial charge on any atom is 0.368 e. The summed E-state index contributed by atoms with van der Waals surface area (Å²) < 4.78 is 8.64. The Labute approximate surface area is 174 Å². The zero-order chi connectivity index (χ0) is 21.3. The summed E-state index contributed by atoms with van der Waals surface area (Å²) in [6, 6.07) is 11.8. The van der Waals surface area contributed by atoms with Crippen LogP contribution in [-0.4, -0.2) is 32.6 Å². The summed E-state index contributed by atoms with van der Waals surface area (Å²) in [5, 5.41) is 12.0. The van der Waals surface area contributed by atoms with Crippen LogP contribution in [0.2, 0.25) is 0 Å². The van der Waals surface area contributed by atoms with E-state index in [4.69, 9.17) is 9.57 Å². The van der Waals surface area contributed by atoms with Gasteiger partial charge in [-0.1, -0.05) is 17.3 Å². The standard InChI is InChI=1S/C22H25N5O3/c1-14-6-5-7-19(27-22(28)26(3)24-25-27)18(14)13-30-20-11-10-17(12-15(20)2)21(23-29-4)16-8-9-16/h5-7,10-12,16H,8-9,13H2,1-4H3/b23-21+. The van der Waals surface area contributed by atoms with E-state index < -0.39 is 0 Å². The third-order valence-electron chi connectivity index (χ3n) is 5.33. The van der Waals surface area contributed by atoms with E-state index in [9.17, 15) is 4.79 Å². The lowest BCUT2D eigenvalue weighted by molar-refractivity contribution is 0.212. The maximum absolute atomic E-state index is 12.3. The molecule has 0 amide bonds. The first-order valence-electron chi connectivity index (χ1n) is 9.92. The molecule has 0 spiro atoms. The van der Waals surface area contributed by atoms with Gasteiger partial charge in [0, 0.05) is 24.1 Å². The number of ether oxygens (including phenoxy) is 1. The normalized spacial score (nSPS) is 14.1.